The molecule has 0 fully saturated rings. The lowest BCUT2D eigenvalue weighted by molar-refractivity contribution is 0.0670. The molecule has 3 heterocycles. The van der Waals surface area contributed by atoms with Gasteiger partial charge in [0.2, 0.25) is 0 Å². The molecule has 0 saturated carbocycles. The van der Waals surface area contributed by atoms with Crippen LogP contribution in [0.4, 0.5) is 4.39 Å². The summed E-state index contributed by atoms with van der Waals surface area (Å²) in [5, 5.41) is 0.184. The molecule has 6 heteroatoms. The molecule has 0 N–H and O–H groups in total. The summed E-state index contributed by atoms with van der Waals surface area (Å²) in [4.78, 5) is 19.0. The molecular weight excluding hydrogens is 329 g/mol. The molecule has 4 nitrogen and oxygen atoms in total. The summed E-state index contributed by atoms with van der Waals surface area (Å²) in [5.74, 6) is -0.483. The molecule has 24 heavy (non-hydrogen) atoms. The normalized spacial score (nSPS) is 17.1. The molecule has 1 amide bonds. The lowest BCUT2D eigenvalue weighted by Crippen LogP contribution is -2.39. The molecule has 0 aliphatic carbocycles. The predicted molar refractivity (Wildman–Crippen MR) is 89.8 cm³/mol. The number of benzene rings is 1. The van der Waals surface area contributed by atoms with Crippen molar-refractivity contribution in [3.8, 4) is 0 Å². The molecule has 1 aromatic carbocycles. The molecule has 1 aliphatic rings. The van der Waals surface area contributed by atoms with Crippen LogP contribution in [0.1, 0.15) is 34.6 Å². The molecule has 2 aromatic heterocycles. The van der Waals surface area contributed by atoms with Gasteiger partial charge in [0.15, 0.2) is 10.8 Å². The van der Waals surface area contributed by atoms with Gasteiger partial charge in [-0.25, -0.2) is 9.37 Å². The first-order valence-corrected chi connectivity index (χ1v) is 8.16. The topological polar surface area (TPSA) is 37.6 Å². The molecule has 0 saturated heterocycles. The fourth-order valence-corrected chi connectivity index (χ4v) is 3.62. The van der Waals surface area contributed by atoms with E-state index in [1.165, 1.54) is 12.1 Å². The highest BCUT2D eigenvalue weighted by Crippen LogP contribution is 2.32. The first kappa shape index (κ1) is 15.1. The van der Waals surface area contributed by atoms with Crippen molar-refractivity contribution < 1.29 is 9.18 Å². The van der Waals surface area contributed by atoms with Gasteiger partial charge in [-0.1, -0.05) is 23.7 Å². The van der Waals surface area contributed by atoms with Crippen LogP contribution in [0, 0.1) is 5.82 Å². The van der Waals surface area contributed by atoms with Gasteiger partial charge in [-0.2, -0.15) is 0 Å². The van der Waals surface area contributed by atoms with Crippen molar-refractivity contribution in [3.05, 3.63) is 70.4 Å². The number of hydrogen-bond acceptors (Lipinski definition) is 2. The zero-order valence-corrected chi connectivity index (χ0v) is 13.8. The Balaban J connectivity index is 1.76. The molecule has 4 rings (SSSR count). The van der Waals surface area contributed by atoms with Crippen LogP contribution in [0.15, 0.2) is 42.6 Å². The molecule has 0 bridgehead atoms. The van der Waals surface area contributed by atoms with E-state index in [1.807, 2.05) is 19.1 Å². The van der Waals surface area contributed by atoms with Crippen molar-refractivity contribution in [3.63, 3.8) is 0 Å². The summed E-state index contributed by atoms with van der Waals surface area (Å²) in [6.07, 6.45) is 2.46. The maximum absolute atomic E-state index is 13.6. The van der Waals surface area contributed by atoms with Crippen LogP contribution >= 0.6 is 11.6 Å². The monoisotopic (exact) mass is 343 g/mol. The molecule has 0 radical (unpaired) electrons. The smallest absolute Gasteiger partial charge is 0.274 e. The summed E-state index contributed by atoms with van der Waals surface area (Å²) in [5.41, 5.74) is 2.90. The van der Waals surface area contributed by atoms with Crippen molar-refractivity contribution >= 4 is 23.2 Å². The van der Waals surface area contributed by atoms with Crippen LogP contribution in [-0.4, -0.2) is 26.7 Å². The van der Waals surface area contributed by atoms with E-state index < -0.39 is 0 Å². The van der Waals surface area contributed by atoms with E-state index >= 15 is 0 Å². The number of hydrogen-bond donors (Lipinski definition) is 0. The van der Waals surface area contributed by atoms with Crippen molar-refractivity contribution in [2.24, 2.45) is 0 Å². The summed E-state index contributed by atoms with van der Waals surface area (Å²) in [6.45, 7) is 2.47. The number of rotatable bonds is 1. The highest BCUT2D eigenvalue weighted by Gasteiger charge is 2.31. The highest BCUT2D eigenvalue weighted by atomic mass is 35.5. The Hall–Kier alpha value is -2.40. The van der Waals surface area contributed by atoms with E-state index in [0.29, 0.717) is 24.3 Å². The molecular formula is C18H15ClFN3O. The van der Waals surface area contributed by atoms with Gasteiger partial charge in [0.05, 0.1) is 6.04 Å². The number of aromatic nitrogens is 2. The van der Waals surface area contributed by atoms with Gasteiger partial charge in [-0.3, -0.25) is 9.20 Å². The fourth-order valence-electron chi connectivity index (χ4n) is 3.36. The van der Waals surface area contributed by atoms with Crippen molar-refractivity contribution in [2.45, 2.75) is 19.4 Å². The Bertz CT molecular complexity index is 953. The molecule has 1 atom stereocenters. The minimum atomic E-state index is -0.289. The van der Waals surface area contributed by atoms with E-state index in [2.05, 4.69) is 4.98 Å². The largest absolute Gasteiger partial charge is 0.330 e. The highest BCUT2D eigenvalue weighted by molar-refractivity contribution is 6.32. The maximum atomic E-state index is 13.6. The number of carbonyl (C=O) groups is 1. The number of fused-ring (bicyclic) bond motifs is 2. The van der Waals surface area contributed by atoms with Crippen LogP contribution < -0.4 is 0 Å². The quantitative estimate of drug-likeness (QED) is 0.672. The average molecular weight is 344 g/mol. The van der Waals surface area contributed by atoms with Gasteiger partial charge in [-0.15, -0.1) is 0 Å². The Morgan fingerprint density at radius 3 is 3.00 bits per heavy atom. The number of pyridine rings is 1. The summed E-state index contributed by atoms with van der Waals surface area (Å²) in [7, 11) is 0. The van der Waals surface area contributed by atoms with Gasteiger partial charge < -0.3 is 4.90 Å². The number of nitrogens with zero attached hydrogens (tertiary/aromatic N) is 3. The van der Waals surface area contributed by atoms with Crippen molar-refractivity contribution in [1.82, 2.24) is 14.3 Å². The summed E-state index contributed by atoms with van der Waals surface area (Å²) >= 11 is 6.22. The van der Waals surface area contributed by atoms with Gasteiger partial charge in [-0.05, 0) is 48.7 Å². The summed E-state index contributed by atoms with van der Waals surface area (Å²) in [6, 6.07) is 10.0. The Morgan fingerprint density at radius 1 is 1.33 bits per heavy atom. The fraction of sp³-hybridized carbons (Fsp3) is 0.222. The molecule has 1 unspecified atom stereocenters. The van der Waals surface area contributed by atoms with Gasteiger partial charge in [0.1, 0.15) is 11.5 Å². The van der Waals surface area contributed by atoms with Gasteiger partial charge >= 0.3 is 0 Å². The van der Waals surface area contributed by atoms with Crippen molar-refractivity contribution in [2.75, 3.05) is 6.54 Å². The lowest BCUT2D eigenvalue weighted by Gasteiger charge is -2.35. The molecule has 122 valence electrons. The predicted octanol–water partition coefficient (Wildman–Crippen LogP) is 3.89. The lowest BCUT2D eigenvalue weighted by atomic mass is 9.93. The third-order valence-electron chi connectivity index (χ3n) is 4.60. The second-order valence-corrected chi connectivity index (χ2v) is 6.31. The zero-order chi connectivity index (χ0) is 16.8. The van der Waals surface area contributed by atoms with E-state index in [-0.39, 0.29) is 22.9 Å². The average Bonchev–Trinajstić information content (AvgIpc) is 2.91. The zero-order valence-electron chi connectivity index (χ0n) is 13.0. The minimum absolute atomic E-state index is 0.184. The van der Waals surface area contributed by atoms with Gasteiger partial charge in [0, 0.05) is 12.7 Å². The van der Waals surface area contributed by atoms with E-state index in [4.69, 9.17) is 11.6 Å². The SMILES string of the molecule is CC1c2cc(F)ccc2CCN1C(=O)c1c(Cl)nc2ccccn12. The first-order chi connectivity index (χ1) is 11.6. The van der Waals surface area contributed by atoms with E-state index in [0.717, 1.165) is 11.1 Å². The molecule has 1 aliphatic heterocycles. The minimum Gasteiger partial charge on any atom is -0.330 e. The number of halogens is 2. The van der Waals surface area contributed by atoms with E-state index in [9.17, 15) is 9.18 Å². The molecule has 0 spiro atoms. The van der Waals surface area contributed by atoms with Crippen molar-refractivity contribution in [1.29, 1.82) is 0 Å². The maximum Gasteiger partial charge on any atom is 0.274 e. The van der Waals surface area contributed by atoms with Crippen LogP contribution in [0.2, 0.25) is 5.15 Å². The number of amides is 1. The van der Waals surface area contributed by atoms with E-state index in [1.54, 1.807) is 27.6 Å². The Labute approximate surface area is 143 Å². The van der Waals surface area contributed by atoms with Crippen LogP contribution in [0.25, 0.3) is 5.65 Å². The Morgan fingerprint density at radius 2 is 2.17 bits per heavy atom. The third-order valence-corrected chi connectivity index (χ3v) is 4.86. The number of carbonyl (C=O) groups excluding carboxylic acids is 1. The molecule has 3 aromatic rings. The summed E-state index contributed by atoms with van der Waals surface area (Å²) < 4.78 is 15.3. The second kappa shape index (κ2) is 5.60. The van der Waals surface area contributed by atoms with Crippen LogP contribution in [-0.2, 0) is 6.42 Å². The van der Waals surface area contributed by atoms with Crippen LogP contribution in [0.5, 0.6) is 0 Å². The first-order valence-electron chi connectivity index (χ1n) is 7.78. The van der Waals surface area contributed by atoms with Crippen LogP contribution in [0.3, 0.4) is 0 Å². The standard InChI is InChI=1S/C18H15ClFN3O/c1-11-14-10-13(20)6-5-12(14)7-9-22(11)18(24)16-17(19)21-15-4-2-3-8-23(15)16/h2-6,8,10-11H,7,9H2,1H3. The third kappa shape index (κ3) is 2.27. The van der Waals surface area contributed by atoms with Gasteiger partial charge in [0.25, 0.3) is 5.91 Å². The number of imidazole rings is 1. The Kier molecular flexibility index (Phi) is 3.53. The second-order valence-electron chi connectivity index (χ2n) is 5.95.